The Morgan fingerprint density at radius 3 is 2.62 bits per heavy atom. The lowest BCUT2D eigenvalue weighted by Crippen LogP contribution is -2.13. The van der Waals surface area contributed by atoms with E-state index in [1.807, 2.05) is 9.47 Å². The molecule has 8 heavy (non-hydrogen) atoms. The van der Waals surface area contributed by atoms with Crippen LogP contribution >= 0.6 is 9.47 Å². The van der Waals surface area contributed by atoms with Crippen LogP contribution < -0.4 is 0 Å². The molecule has 0 aliphatic rings. The number of aliphatic hydroxyl groups excluding tert-OH is 2. The van der Waals surface area contributed by atoms with Crippen LogP contribution in [0.1, 0.15) is 6.42 Å². The third-order valence-electron chi connectivity index (χ3n) is 0.751. The zero-order valence-electron chi connectivity index (χ0n) is 4.58. The normalized spacial score (nSPS) is 13.9. The van der Waals surface area contributed by atoms with Crippen LogP contribution in [0.4, 0.5) is 0 Å². The predicted molar refractivity (Wildman–Crippen MR) is 33.4 cm³/mol. The summed E-state index contributed by atoms with van der Waals surface area (Å²) in [6, 6.07) is 0. The van der Waals surface area contributed by atoms with Crippen molar-refractivity contribution in [2.24, 2.45) is 0 Å². The third-order valence-corrected chi connectivity index (χ3v) is 0.943. The maximum absolute atomic E-state index is 8.75. The number of hydrogen-bond acceptors (Lipinski definition) is 3. The third kappa shape index (κ3) is 4.47. The van der Waals surface area contributed by atoms with Crippen LogP contribution in [0.5, 0.6) is 0 Å². The molecule has 0 aromatic rings. The number of hydrogen-bond donors (Lipinski definition) is 2. The van der Waals surface area contributed by atoms with Crippen molar-refractivity contribution in [2.75, 3.05) is 13.2 Å². The SMILES string of the molecule is OCCC(O)COP. The Hall–Kier alpha value is 0.310. The molecule has 0 rings (SSSR count). The van der Waals surface area contributed by atoms with Crippen LogP contribution in [-0.2, 0) is 4.52 Å². The maximum Gasteiger partial charge on any atom is 0.0798 e. The van der Waals surface area contributed by atoms with Gasteiger partial charge in [-0.25, -0.2) is 0 Å². The van der Waals surface area contributed by atoms with Gasteiger partial charge >= 0.3 is 0 Å². The van der Waals surface area contributed by atoms with Gasteiger partial charge in [-0.15, -0.1) is 0 Å². The summed E-state index contributed by atoms with van der Waals surface area (Å²) in [5.74, 6) is 0. The lowest BCUT2D eigenvalue weighted by Gasteiger charge is -2.04. The Bertz CT molecular complexity index is 44.5. The summed E-state index contributed by atoms with van der Waals surface area (Å²) in [5, 5.41) is 17.0. The van der Waals surface area contributed by atoms with Crippen LogP contribution in [0.25, 0.3) is 0 Å². The topological polar surface area (TPSA) is 49.7 Å². The van der Waals surface area contributed by atoms with Crippen LogP contribution in [0.15, 0.2) is 0 Å². The molecule has 0 spiro atoms. The molecule has 3 nitrogen and oxygen atoms in total. The molecule has 2 N–H and O–H groups in total. The quantitative estimate of drug-likeness (QED) is 0.516. The first-order valence-corrected chi connectivity index (χ1v) is 2.89. The highest BCUT2D eigenvalue weighted by Gasteiger charge is 1.99. The van der Waals surface area contributed by atoms with Gasteiger partial charge in [0.05, 0.1) is 12.7 Å². The second-order valence-corrected chi connectivity index (χ2v) is 1.83. The molecule has 0 aromatic carbocycles. The van der Waals surface area contributed by atoms with E-state index in [2.05, 4.69) is 4.52 Å². The Balaban J connectivity index is 2.92. The van der Waals surface area contributed by atoms with Gasteiger partial charge < -0.3 is 14.7 Å². The van der Waals surface area contributed by atoms with Gasteiger partial charge in [-0.2, -0.15) is 0 Å². The zero-order valence-corrected chi connectivity index (χ0v) is 5.73. The summed E-state index contributed by atoms with van der Waals surface area (Å²) in [5.41, 5.74) is 0. The van der Waals surface area contributed by atoms with Gasteiger partial charge in [-0.3, -0.25) is 0 Å². The average molecular weight is 138 g/mol. The Kier molecular flexibility index (Phi) is 5.66. The molecule has 0 amide bonds. The fraction of sp³-hybridized carbons (Fsp3) is 1.00. The lowest BCUT2D eigenvalue weighted by atomic mass is 10.3. The smallest absolute Gasteiger partial charge is 0.0798 e. The van der Waals surface area contributed by atoms with E-state index in [0.29, 0.717) is 6.42 Å². The number of aliphatic hydroxyl groups is 2. The van der Waals surface area contributed by atoms with Gasteiger partial charge in [0.25, 0.3) is 0 Å². The van der Waals surface area contributed by atoms with Gasteiger partial charge in [-0.1, -0.05) is 0 Å². The van der Waals surface area contributed by atoms with E-state index in [0.717, 1.165) is 0 Å². The Morgan fingerprint density at radius 1 is 1.62 bits per heavy atom. The fourth-order valence-corrected chi connectivity index (χ4v) is 0.566. The molecule has 0 aliphatic heterocycles. The summed E-state index contributed by atoms with van der Waals surface area (Å²) in [7, 11) is 2.03. The highest BCUT2D eigenvalue weighted by molar-refractivity contribution is 7.09. The van der Waals surface area contributed by atoms with Crippen molar-refractivity contribution >= 4 is 9.47 Å². The molecular formula is C4H11O3P. The van der Waals surface area contributed by atoms with Crippen molar-refractivity contribution in [3.8, 4) is 0 Å². The van der Waals surface area contributed by atoms with Crippen molar-refractivity contribution in [1.82, 2.24) is 0 Å². The molecule has 2 atom stereocenters. The second-order valence-electron chi connectivity index (χ2n) is 1.50. The van der Waals surface area contributed by atoms with E-state index < -0.39 is 6.10 Å². The summed E-state index contributed by atoms with van der Waals surface area (Å²) in [6.45, 7) is 0.278. The fourth-order valence-electron chi connectivity index (χ4n) is 0.343. The molecular weight excluding hydrogens is 127 g/mol. The summed E-state index contributed by atoms with van der Waals surface area (Å²) < 4.78 is 4.51. The highest BCUT2D eigenvalue weighted by Crippen LogP contribution is 1.93. The molecule has 0 aliphatic carbocycles. The van der Waals surface area contributed by atoms with Crippen molar-refractivity contribution in [3.05, 3.63) is 0 Å². The second kappa shape index (κ2) is 5.45. The van der Waals surface area contributed by atoms with Crippen molar-refractivity contribution in [3.63, 3.8) is 0 Å². The van der Waals surface area contributed by atoms with E-state index >= 15 is 0 Å². The Morgan fingerprint density at radius 2 is 2.25 bits per heavy atom. The first-order chi connectivity index (χ1) is 3.81. The minimum atomic E-state index is -0.530. The molecule has 0 heterocycles. The molecule has 0 radical (unpaired) electrons. The predicted octanol–water partition coefficient (Wildman–Crippen LogP) is -0.464. The highest BCUT2D eigenvalue weighted by atomic mass is 31.0. The van der Waals surface area contributed by atoms with E-state index in [1.54, 1.807) is 0 Å². The van der Waals surface area contributed by atoms with Gasteiger partial charge in [0.1, 0.15) is 0 Å². The van der Waals surface area contributed by atoms with Crippen molar-refractivity contribution in [1.29, 1.82) is 0 Å². The summed E-state index contributed by atoms with van der Waals surface area (Å²) in [4.78, 5) is 0. The van der Waals surface area contributed by atoms with E-state index in [9.17, 15) is 0 Å². The first kappa shape index (κ1) is 8.31. The van der Waals surface area contributed by atoms with Gasteiger partial charge in [0.2, 0.25) is 0 Å². The molecule has 0 bridgehead atoms. The van der Waals surface area contributed by atoms with Crippen molar-refractivity contribution in [2.45, 2.75) is 12.5 Å². The molecule has 0 saturated carbocycles. The average Bonchev–Trinajstić information content (AvgIpc) is 1.68. The van der Waals surface area contributed by atoms with Gasteiger partial charge in [0, 0.05) is 16.1 Å². The minimum Gasteiger partial charge on any atom is -0.396 e. The van der Waals surface area contributed by atoms with E-state index in [-0.39, 0.29) is 13.2 Å². The minimum absolute atomic E-state index is 0.00912. The van der Waals surface area contributed by atoms with Gasteiger partial charge in [-0.05, 0) is 6.42 Å². The van der Waals surface area contributed by atoms with Gasteiger partial charge in [0.15, 0.2) is 0 Å². The van der Waals surface area contributed by atoms with Crippen LogP contribution in [0, 0.1) is 0 Å². The first-order valence-electron chi connectivity index (χ1n) is 2.42. The summed E-state index contributed by atoms with van der Waals surface area (Å²) >= 11 is 0. The van der Waals surface area contributed by atoms with Crippen molar-refractivity contribution < 1.29 is 14.7 Å². The lowest BCUT2D eigenvalue weighted by molar-refractivity contribution is 0.0901. The van der Waals surface area contributed by atoms with Crippen LogP contribution in [-0.4, -0.2) is 29.5 Å². The van der Waals surface area contributed by atoms with E-state index in [1.165, 1.54) is 0 Å². The molecule has 2 unspecified atom stereocenters. The van der Waals surface area contributed by atoms with Crippen LogP contribution in [0.3, 0.4) is 0 Å². The Labute approximate surface area is 51.0 Å². The molecule has 50 valence electrons. The zero-order chi connectivity index (χ0) is 6.41. The molecule has 0 fully saturated rings. The maximum atomic E-state index is 8.75. The monoisotopic (exact) mass is 138 g/mol. The molecule has 0 saturated heterocycles. The molecule has 0 aromatic heterocycles. The number of rotatable bonds is 4. The van der Waals surface area contributed by atoms with Crippen LogP contribution in [0.2, 0.25) is 0 Å². The van der Waals surface area contributed by atoms with E-state index in [4.69, 9.17) is 10.2 Å². The standard InChI is InChI=1S/C4H11O3P/c5-2-1-4(6)3-7-8/h4-6H,1-3,8H2. The summed E-state index contributed by atoms with van der Waals surface area (Å²) in [6.07, 6.45) is -0.147. The molecule has 4 heteroatoms. The largest absolute Gasteiger partial charge is 0.396 e.